The Hall–Kier alpha value is -3.08. The number of carbonyl (C=O) groups is 2. The number of ether oxygens (including phenoxy) is 1. The quantitative estimate of drug-likeness (QED) is 0.737. The Morgan fingerprint density at radius 3 is 2.69 bits per heavy atom. The third-order valence-corrected chi connectivity index (χ3v) is 4.76. The van der Waals surface area contributed by atoms with Gasteiger partial charge in [0.25, 0.3) is 0 Å². The first-order chi connectivity index (χ1) is 12.6. The first-order valence-corrected chi connectivity index (χ1v) is 8.68. The second kappa shape index (κ2) is 6.67. The first-order valence-electron chi connectivity index (χ1n) is 8.68. The Morgan fingerprint density at radius 1 is 1.04 bits per heavy atom. The van der Waals surface area contributed by atoms with Crippen molar-refractivity contribution in [2.24, 2.45) is 0 Å². The van der Waals surface area contributed by atoms with Crippen molar-refractivity contribution in [3.63, 3.8) is 0 Å². The molecule has 4 rings (SSSR count). The smallest absolute Gasteiger partial charge is 0.303 e. The topological polar surface area (TPSA) is 68.5 Å². The van der Waals surface area contributed by atoms with Gasteiger partial charge < -0.3 is 14.4 Å². The highest BCUT2D eigenvalue weighted by molar-refractivity contribution is 5.88. The SMILES string of the molecule is O=C(O)CCC(=O)Cn1ccc2ccc(-c3ccc4c(c3)CCO4)cc21. The van der Waals surface area contributed by atoms with Gasteiger partial charge in [0.15, 0.2) is 5.78 Å². The van der Waals surface area contributed by atoms with Crippen LogP contribution in [0.1, 0.15) is 18.4 Å². The molecule has 3 aromatic rings. The number of ketones is 1. The Labute approximate surface area is 150 Å². The molecule has 0 saturated carbocycles. The van der Waals surface area contributed by atoms with Gasteiger partial charge >= 0.3 is 5.97 Å². The van der Waals surface area contributed by atoms with Crippen LogP contribution in [0.5, 0.6) is 5.75 Å². The van der Waals surface area contributed by atoms with Crippen LogP contribution >= 0.6 is 0 Å². The third kappa shape index (κ3) is 3.20. The van der Waals surface area contributed by atoms with Crippen molar-refractivity contribution in [3.05, 3.63) is 54.2 Å². The largest absolute Gasteiger partial charge is 0.493 e. The molecule has 0 amide bonds. The molecule has 0 bridgehead atoms. The molecule has 0 aliphatic carbocycles. The average molecular weight is 349 g/mol. The zero-order valence-electron chi connectivity index (χ0n) is 14.3. The lowest BCUT2D eigenvalue weighted by Gasteiger charge is -2.08. The highest BCUT2D eigenvalue weighted by Crippen LogP contribution is 2.32. The van der Waals surface area contributed by atoms with Gasteiger partial charge in [0, 0.05) is 24.6 Å². The summed E-state index contributed by atoms with van der Waals surface area (Å²) in [6, 6.07) is 14.4. The standard InChI is InChI=1S/C21H19NO4/c23-18(4-6-21(24)25)13-22-9-7-14-1-2-16(12-19(14)22)15-3-5-20-17(11-15)8-10-26-20/h1-3,5,7,9,11-12H,4,6,8,10,13H2,(H,24,25). The van der Waals surface area contributed by atoms with E-state index >= 15 is 0 Å². The minimum Gasteiger partial charge on any atom is -0.493 e. The molecule has 0 fully saturated rings. The molecule has 132 valence electrons. The summed E-state index contributed by atoms with van der Waals surface area (Å²) in [6.45, 7) is 0.928. The third-order valence-electron chi connectivity index (χ3n) is 4.76. The maximum Gasteiger partial charge on any atom is 0.303 e. The molecule has 1 aliphatic heterocycles. The maximum absolute atomic E-state index is 12.0. The van der Waals surface area contributed by atoms with E-state index in [1.54, 1.807) is 0 Å². The summed E-state index contributed by atoms with van der Waals surface area (Å²) in [5, 5.41) is 9.78. The summed E-state index contributed by atoms with van der Waals surface area (Å²) in [5.41, 5.74) is 4.41. The van der Waals surface area contributed by atoms with Crippen LogP contribution in [0, 0.1) is 0 Å². The van der Waals surface area contributed by atoms with Crippen LogP contribution in [0.4, 0.5) is 0 Å². The molecule has 26 heavy (non-hydrogen) atoms. The number of carbonyl (C=O) groups excluding carboxylic acids is 1. The number of carboxylic acids is 1. The predicted octanol–water partition coefficient (Wildman–Crippen LogP) is 3.68. The highest BCUT2D eigenvalue weighted by Gasteiger charge is 2.14. The molecule has 0 spiro atoms. The predicted molar refractivity (Wildman–Crippen MR) is 98.4 cm³/mol. The molecule has 0 radical (unpaired) electrons. The molecule has 1 aliphatic rings. The minimum atomic E-state index is -0.946. The van der Waals surface area contributed by atoms with E-state index in [0.717, 1.165) is 40.8 Å². The van der Waals surface area contributed by atoms with E-state index in [0.29, 0.717) is 0 Å². The molecule has 5 heteroatoms. The summed E-state index contributed by atoms with van der Waals surface area (Å²) in [4.78, 5) is 22.7. The van der Waals surface area contributed by atoms with Crippen LogP contribution in [-0.2, 0) is 22.6 Å². The number of nitrogens with zero attached hydrogens (tertiary/aromatic N) is 1. The second-order valence-electron chi connectivity index (χ2n) is 6.57. The molecule has 5 nitrogen and oxygen atoms in total. The second-order valence-corrected chi connectivity index (χ2v) is 6.57. The summed E-state index contributed by atoms with van der Waals surface area (Å²) in [5.74, 6) is -0.0641. The lowest BCUT2D eigenvalue weighted by atomic mass is 10.0. The monoisotopic (exact) mass is 349 g/mol. The van der Waals surface area contributed by atoms with E-state index in [2.05, 4.69) is 24.3 Å². The number of carboxylic acid groups (broad SMARTS) is 1. The van der Waals surface area contributed by atoms with Crippen LogP contribution in [0.2, 0.25) is 0 Å². The van der Waals surface area contributed by atoms with Crippen LogP contribution in [-0.4, -0.2) is 28.0 Å². The summed E-state index contributed by atoms with van der Waals surface area (Å²) in [7, 11) is 0. The maximum atomic E-state index is 12.0. The molecule has 1 N–H and O–H groups in total. The lowest BCUT2D eigenvalue weighted by molar-refractivity contribution is -0.138. The summed E-state index contributed by atoms with van der Waals surface area (Å²) >= 11 is 0. The number of aromatic nitrogens is 1. The zero-order valence-corrected chi connectivity index (χ0v) is 14.3. The van der Waals surface area contributed by atoms with Crippen molar-refractivity contribution in [1.29, 1.82) is 0 Å². The summed E-state index contributed by atoms with van der Waals surface area (Å²) in [6.07, 6.45) is 2.74. The Balaban J connectivity index is 1.62. The fourth-order valence-corrected chi connectivity index (χ4v) is 3.38. The average Bonchev–Trinajstić information content (AvgIpc) is 3.26. The minimum absolute atomic E-state index is 0.0551. The number of fused-ring (bicyclic) bond motifs is 2. The van der Waals surface area contributed by atoms with E-state index in [-0.39, 0.29) is 25.2 Å². The van der Waals surface area contributed by atoms with Gasteiger partial charge in [0.1, 0.15) is 5.75 Å². The van der Waals surface area contributed by atoms with Crippen LogP contribution in [0.25, 0.3) is 22.0 Å². The fourth-order valence-electron chi connectivity index (χ4n) is 3.38. The Bertz CT molecular complexity index is 1000. The zero-order chi connectivity index (χ0) is 18.1. The van der Waals surface area contributed by atoms with Gasteiger partial charge in [-0.2, -0.15) is 0 Å². The molecular formula is C21H19NO4. The van der Waals surface area contributed by atoms with Gasteiger partial charge in [-0.15, -0.1) is 0 Å². The van der Waals surface area contributed by atoms with Crippen molar-refractivity contribution in [3.8, 4) is 16.9 Å². The number of aliphatic carboxylic acids is 1. The van der Waals surface area contributed by atoms with Crippen molar-refractivity contribution < 1.29 is 19.4 Å². The van der Waals surface area contributed by atoms with Gasteiger partial charge in [-0.25, -0.2) is 0 Å². The van der Waals surface area contributed by atoms with Crippen molar-refractivity contribution in [2.45, 2.75) is 25.8 Å². The number of hydrogen-bond donors (Lipinski definition) is 1. The highest BCUT2D eigenvalue weighted by atomic mass is 16.5. The van der Waals surface area contributed by atoms with Gasteiger partial charge in [0.05, 0.1) is 19.6 Å². The van der Waals surface area contributed by atoms with Gasteiger partial charge in [0.2, 0.25) is 0 Å². The van der Waals surface area contributed by atoms with Crippen molar-refractivity contribution in [2.75, 3.05) is 6.61 Å². The molecule has 0 unspecified atom stereocenters. The molecular weight excluding hydrogens is 330 g/mol. The van der Waals surface area contributed by atoms with E-state index in [4.69, 9.17) is 9.84 Å². The lowest BCUT2D eigenvalue weighted by Crippen LogP contribution is -2.10. The van der Waals surface area contributed by atoms with E-state index in [1.807, 2.05) is 29.0 Å². The van der Waals surface area contributed by atoms with Gasteiger partial charge in [-0.3, -0.25) is 9.59 Å². The fraction of sp³-hybridized carbons (Fsp3) is 0.238. The molecule has 0 saturated heterocycles. The number of hydrogen-bond acceptors (Lipinski definition) is 3. The van der Waals surface area contributed by atoms with Crippen molar-refractivity contribution in [1.82, 2.24) is 4.57 Å². The van der Waals surface area contributed by atoms with Crippen LogP contribution in [0.3, 0.4) is 0 Å². The summed E-state index contributed by atoms with van der Waals surface area (Å²) < 4.78 is 7.45. The van der Waals surface area contributed by atoms with Crippen LogP contribution < -0.4 is 4.74 Å². The number of rotatable bonds is 6. The number of benzene rings is 2. The van der Waals surface area contributed by atoms with E-state index in [9.17, 15) is 9.59 Å². The van der Waals surface area contributed by atoms with Gasteiger partial charge in [-0.1, -0.05) is 18.2 Å². The van der Waals surface area contributed by atoms with Gasteiger partial charge in [-0.05, 0) is 46.3 Å². The van der Waals surface area contributed by atoms with E-state index < -0.39 is 5.97 Å². The molecule has 2 aromatic carbocycles. The Kier molecular flexibility index (Phi) is 4.21. The number of Topliss-reactive ketones (excluding diaryl/α,β-unsaturated/α-hetero) is 1. The van der Waals surface area contributed by atoms with E-state index in [1.165, 1.54) is 5.56 Å². The molecule has 0 atom stereocenters. The van der Waals surface area contributed by atoms with Crippen molar-refractivity contribution >= 4 is 22.7 Å². The normalized spacial score (nSPS) is 12.8. The molecule has 2 heterocycles. The Morgan fingerprint density at radius 2 is 1.85 bits per heavy atom. The van der Waals surface area contributed by atoms with Crippen LogP contribution in [0.15, 0.2) is 48.7 Å². The first kappa shape index (κ1) is 16.4. The molecule has 1 aromatic heterocycles.